The van der Waals surface area contributed by atoms with Gasteiger partial charge < -0.3 is 15.0 Å². The van der Waals surface area contributed by atoms with Gasteiger partial charge in [0, 0.05) is 12.8 Å². The summed E-state index contributed by atoms with van der Waals surface area (Å²) < 4.78 is 106. The standard InChI is InChI=1S/C29H24F7N5O2/c1-43-25-12-18(7-8-22(25)31)28(13-17-5-3-2-4-6-17,19-9-20(29(34,35)36)11-21(30)10-19)38-26(42)41-16-27(32,33)14-24(41)23-15-37-40-39-23/h2-12,24H,13-16H2,1H3,(H,38,42)/t24-,28+/m0/s1. The van der Waals surface area contributed by atoms with E-state index in [4.69, 9.17) is 4.74 Å². The van der Waals surface area contributed by atoms with Gasteiger partial charge in [-0.2, -0.15) is 18.3 Å². The van der Waals surface area contributed by atoms with Gasteiger partial charge in [-0.25, -0.2) is 22.4 Å². The zero-order valence-corrected chi connectivity index (χ0v) is 22.5. The van der Waals surface area contributed by atoms with E-state index in [1.165, 1.54) is 13.2 Å². The van der Waals surface area contributed by atoms with Crippen molar-refractivity contribution in [2.75, 3.05) is 20.2 Å². The molecule has 1 saturated heterocycles. The molecule has 43 heavy (non-hydrogen) atoms. The highest BCUT2D eigenvalue weighted by molar-refractivity contribution is 5.95. The number of hydrogen-bond donors (Lipinski definition) is 1. The number of alkyl halides is 5. The quantitative estimate of drug-likeness (QED) is 0.303. The highest BCUT2D eigenvalue weighted by Crippen LogP contribution is 2.41. The first-order chi connectivity index (χ1) is 20.3. The minimum Gasteiger partial charge on any atom is -0.494 e. The Morgan fingerprint density at radius 2 is 1.74 bits per heavy atom. The van der Waals surface area contributed by atoms with Crippen molar-refractivity contribution in [3.63, 3.8) is 0 Å². The molecular formula is C29H24F7N5O2. The van der Waals surface area contributed by atoms with Gasteiger partial charge in [-0.1, -0.05) is 36.4 Å². The second-order valence-corrected chi connectivity index (χ2v) is 10.3. The molecule has 2 aliphatic rings. The van der Waals surface area contributed by atoms with Crippen LogP contribution in [0.15, 0.2) is 82.2 Å². The first-order valence-corrected chi connectivity index (χ1v) is 13.0. The number of likely N-dealkylation sites (tertiary alicyclic amines) is 1. The zero-order valence-electron chi connectivity index (χ0n) is 22.5. The summed E-state index contributed by atoms with van der Waals surface area (Å²) in [5, 5.41) is 13.5. The minimum absolute atomic E-state index is 0.00684. The molecule has 2 heterocycles. The third-order valence-corrected chi connectivity index (χ3v) is 7.38. The Bertz CT molecular complexity index is 1580. The number of halogens is 7. The number of urea groups is 1. The van der Waals surface area contributed by atoms with Crippen LogP contribution in [0.2, 0.25) is 0 Å². The molecule has 3 aromatic rings. The van der Waals surface area contributed by atoms with Crippen LogP contribution < -0.4 is 10.1 Å². The van der Waals surface area contributed by atoms with E-state index >= 15 is 0 Å². The number of amides is 2. The molecule has 1 fully saturated rings. The molecule has 1 N–H and O–H groups in total. The van der Waals surface area contributed by atoms with Crippen molar-refractivity contribution in [3.8, 4) is 5.75 Å². The smallest absolute Gasteiger partial charge is 0.416 e. The van der Waals surface area contributed by atoms with Crippen molar-refractivity contribution in [3.05, 3.63) is 101 Å². The summed E-state index contributed by atoms with van der Waals surface area (Å²) in [6.45, 7) is -1.15. The molecule has 2 aliphatic heterocycles. The molecule has 0 aromatic heterocycles. The lowest BCUT2D eigenvalue weighted by Crippen LogP contribution is -2.55. The number of benzene rings is 3. The second-order valence-electron chi connectivity index (χ2n) is 10.3. The van der Waals surface area contributed by atoms with Gasteiger partial charge in [0.15, 0.2) is 11.6 Å². The Morgan fingerprint density at radius 3 is 2.40 bits per heavy atom. The summed E-state index contributed by atoms with van der Waals surface area (Å²) in [7, 11) is 1.17. The summed E-state index contributed by atoms with van der Waals surface area (Å²) in [5.41, 5.74) is -3.17. The lowest BCUT2D eigenvalue weighted by atomic mass is 9.77. The topological polar surface area (TPSA) is 78.6 Å². The fourth-order valence-electron chi connectivity index (χ4n) is 5.37. The molecule has 0 aliphatic carbocycles. The van der Waals surface area contributed by atoms with Gasteiger partial charge in [0.1, 0.15) is 12.4 Å². The van der Waals surface area contributed by atoms with Gasteiger partial charge in [0.25, 0.3) is 5.92 Å². The molecule has 7 nitrogen and oxygen atoms in total. The molecule has 3 aromatic carbocycles. The predicted octanol–water partition coefficient (Wildman–Crippen LogP) is 6.72. The van der Waals surface area contributed by atoms with Crippen molar-refractivity contribution >= 4 is 11.7 Å². The first kappa shape index (κ1) is 30.0. The number of carbonyl (C=O) groups is 1. The number of methoxy groups -OCH3 is 1. The van der Waals surface area contributed by atoms with E-state index in [2.05, 4.69) is 20.8 Å². The summed E-state index contributed by atoms with van der Waals surface area (Å²) >= 11 is 0. The summed E-state index contributed by atoms with van der Waals surface area (Å²) in [6, 6.07) is 11.0. The molecular weight excluding hydrogens is 583 g/mol. The summed E-state index contributed by atoms with van der Waals surface area (Å²) in [6.07, 6.45) is -6.04. The maximum Gasteiger partial charge on any atom is 0.416 e. The van der Waals surface area contributed by atoms with Crippen LogP contribution in [0.4, 0.5) is 35.5 Å². The molecule has 2 atom stereocenters. The Kier molecular flexibility index (Phi) is 7.88. The Morgan fingerprint density at radius 1 is 1.02 bits per heavy atom. The average Bonchev–Trinajstić information content (AvgIpc) is 3.60. The van der Waals surface area contributed by atoms with E-state index in [9.17, 15) is 35.5 Å². The van der Waals surface area contributed by atoms with Crippen molar-refractivity contribution in [1.29, 1.82) is 0 Å². The van der Waals surface area contributed by atoms with Crippen molar-refractivity contribution in [2.45, 2.75) is 36.5 Å². The number of ether oxygens (including phenoxy) is 1. The maximum absolute atomic E-state index is 14.9. The molecule has 14 heteroatoms. The maximum atomic E-state index is 14.9. The van der Waals surface area contributed by atoms with Crippen LogP contribution in [0.5, 0.6) is 5.75 Å². The lowest BCUT2D eigenvalue weighted by Gasteiger charge is -2.39. The zero-order chi connectivity index (χ0) is 31.0. The van der Waals surface area contributed by atoms with Gasteiger partial charge in [0.2, 0.25) is 0 Å². The number of carbonyl (C=O) groups excluding carboxylic acids is 1. The van der Waals surface area contributed by atoms with Crippen LogP contribution in [0, 0.1) is 11.6 Å². The van der Waals surface area contributed by atoms with Crippen LogP contribution in [0.1, 0.15) is 28.7 Å². The third-order valence-electron chi connectivity index (χ3n) is 7.38. The Hall–Kier alpha value is -4.49. The van der Waals surface area contributed by atoms with Crippen molar-refractivity contribution in [1.82, 2.24) is 10.2 Å². The molecule has 5 rings (SSSR count). The molecule has 226 valence electrons. The fourth-order valence-corrected chi connectivity index (χ4v) is 5.37. The normalized spacial score (nSPS) is 19.2. The van der Waals surface area contributed by atoms with E-state index in [1.807, 2.05) is 0 Å². The second kappa shape index (κ2) is 11.3. The largest absolute Gasteiger partial charge is 0.494 e. The van der Waals surface area contributed by atoms with Crippen molar-refractivity contribution < 1.29 is 40.3 Å². The molecule has 0 saturated carbocycles. The van der Waals surface area contributed by atoms with Gasteiger partial charge in [-0.3, -0.25) is 0 Å². The summed E-state index contributed by atoms with van der Waals surface area (Å²) in [5.74, 6) is -5.71. The third kappa shape index (κ3) is 6.18. The SMILES string of the molecule is COc1cc([C@@](Cc2ccccc2)(NC(=O)N2CC(F)(F)C[C@H]2C2=NN=NC2)c2cc(F)cc(C(F)(F)F)c2)ccc1F. The summed E-state index contributed by atoms with van der Waals surface area (Å²) in [4.78, 5) is 14.8. The number of hydrogen-bond acceptors (Lipinski definition) is 5. The lowest BCUT2D eigenvalue weighted by molar-refractivity contribution is -0.137. The van der Waals surface area contributed by atoms with E-state index < -0.39 is 59.9 Å². The molecule has 0 spiro atoms. The van der Waals surface area contributed by atoms with Crippen LogP contribution in [0.3, 0.4) is 0 Å². The average molecular weight is 608 g/mol. The highest BCUT2D eigenvalue weighted by atomic mass is 19.4. The van der Waals surface area contributed by atoms with Gasteiger partial charge in [-0.05, 0) is 52.2 Å². The monoisotopic (exact) mass is 607 g/mol. The molecule has 0 radical (unpaired) electrons. The Balaban J connectivity index is 1.72. The number of nitrogens with one attached hydrogen (secondary N) is 1. The molecule has 0 bridgehead atoms. The number of nitrogens with zero attached hydrogens (tertiary/aromatic N) is 4. The van der Waals surface area contributed by atoms with Gasteiger partial charge >= 0.3 is 12.2 Å². The van der Waals surface area contributed by atoms with Crippen LogP contribution in [0.25, 0.3) is 0 Å². The molecule has 0 unspecified atom stereocenters. The fraction of sp³-hybridized carbons (Fsp3) is 0.310. The van der Waals surface area contributed by atoms with Crippen LogP contribution >= 0.6 is 0 Å². The van der Waals surface area contributed by atoms with Crippen molar-refractivity contribution in [2.24, 2.45) is 15.4 Å². The van der Waals surface area contributed by atoms with E-state index in [-0.39, 0.29) is 35.6 Å². The van der Waals surface area contributed by atoms with E-state index in [1.54, 1.807) is 30.3 Å². The highest BCUT2D eigenvalue weighted by Gasteiger charge is 2.51. The predicted molar refractivity (Wildman–Crippen MR) is 141 cm³/mol. The van der Waals surface area contributed by atoms with Gasteiger partial charge in [-0.15, -0.1) is 5.10 Å². The minimum atomic E-state index is -4.98. The van der Waals surface area contributed by atoms with E-state index in [0.29, 0.717) is 17.7 Å². The first-order valence-electron chi connectivity index (χ1n) is 13.0. The Labute approximate surface area is 241 Å². The van der Waals surface area contributed by atoms with E-state index in [0.717, 1.165) is 23.1 Å². The molecule has 2 amide bonds. The van der Waals surface area contributed by atoms with Crippen LogP contribution in [-0.4, -0.2) is 48.8 Å². The van der Waals surface area contributed by atoms with Crippen LogP contribution in [-0.2, 0) is 18.1 Å². The van der Waals surface area contributed by atoms with Gasteiger partial charge in [0.05, 0.1) is 36.5 Å². The number of rotatable bonds is 7.